The highest BCUT2D eigenvalue weighted by Gasteiger charge is 2.29. The molecule has 110 valence electrons. The molecule has 0 bridgehead atoms. The number of carbonyl (C=O) groups is 2. The molecule has 1 heterocycles. The number of nitrogens with one attached hydrogen (secondary N) is 1. The molecule has 1 amide bonds. The Morgan fingerprint density at radius 2 is 1.79 bits per heavy atom. The summed E-state index contributed by atoms with van der Waals surface area (Å²) in [7, 11) is 0. The van der Waals surface area contributed by atoms with E-state index in [1.807, 2.05) is 32.6 Å². The molecule has 1 rings (SSSR count). The van der Waals surface area contributed by atoms with E-state index in [2.05, 4.69) is 5.32 Å². The van der Waals surface area contributed by atoms with E-state index >= 15 is 0 Å². The van der Waals surface area contributed by atoms with Gasteiger partial charge in [0.05, 0.1) is 6.04 Å². The lowest BCUT2D eigenvalue weighted by atomic mass is 9.85. The van der Waals surface area contributed by atoms with Gasteiger partial charge in [0.1, 0.15) is 0 Å². The zero-order valence-electron chi connectivity index (χ0n) is 12.8. The van der Waals surface area contributed by atoms with E-state index in [9.17, 15) is 9.59 Å². The Kier molecular flexibility index (Phi) is 5.98. The zero-order chi connectivity index (χ0) is 14.5. The van der Waals surface area contributed by atoms with E-state index in [0.717, 1.165) is 32.5 Å². The molecule has 0 spiro atoms. The molecule has 0 aromatic heterocycles. The molecule has 1 atom stereocenters. The fourth-order valence-electron chi connectivity index (χ4n) is 2.49. The summed E-state index contributed by atoms with van der Waals surface area (Å²) < 4.78 is 0. The number of Topliss-reactive ketones (excluding diaryl/α,β-unsaturated/α-hetero) is 1. The van der Waals surface area contributed by atoms with Gasteiger partial charge in [0.25, 0.3) is 0 Å². The molecular formula is C15H28N2O2. The average Bonchev–Trinajstić information content (AvgIpc) is 2.85. The van der Waals surface area contributed by atoms with Crippen LogP contribution >= 0.6 is 0 Å². The van der Waals surface area contributed by atoms with Crippen LogP contribution in [-0.4, -0.2) is 42.3 Å². The van der Waals surface area contributed by atoms with Crippen LogP contribution in [0.25, 0.3) is 0 Å². The first-order valence-corrected chi connectivity index (χ1v) is 7.41. The third-order valence-electron chi connectivity index (χ3n) is 3.61. The Morgan fingerprint density at radius 1 is 1.21 bits per heavy atom. The lowest BCUT2D eigenvalue weighted by molar-refractivity contribution is -0.131. The number of hydrogen-bond donors (Lipinski definition) is 1. The van der Waals surface area contributed by atoms with Crippen LogP contribution in [0.5, 0.6) is 0 Å². The van der Waals surface area contributed by atoms with Crippen LogP contribution in [-0.2, 0) is 9.59 Å². The van der Waals surface area contributed by atoms with Crippen LogP contribution < -0.4 is 5.32 Å². The minimum absolute atomic E-state index is 0.196. The van der Waals surface area contributed by atoms with E-state index in [1.54, 1.807) is 0 Å². The molecule has 1 N–H and O–H groups in total. The van der Waals surface area contributed by atoms with Gasteiger partial charge >= 0.3 is 0 Å². The summed E-state index contributed by atoms with van der Waals surface area (Å²) in [6, 6.07) is -0.198. The van der Waals surface area contributed by atoms with E-state index in [4.69, 9.17) is 0 Å². The van der Waals surface area contributed by atoms with Crippen LogP contribution in [0.1, 0.15) is 53.4 Å². The summed E-state index contributed by atoms with van der Waals surface area (Å²) in [4.78, 5) is 26.2. The summed E-state index contributed by atoms with van der Waals surface area (Å²) >= 11 is 0. The van der Waals surface area contributed by atoms with Crippen LogP contribution in [0.2, 0.25) is 0 Å². The van der Waals surface area contributed by atoms with Crippen LogP contribution in [0.15, 0.2) is 0 Å². The predicted octanol–water partition coefficient (Wildman–Crippen LogP) is 1.98. The van der Waals surface area contributed by atoms with Gasteiger partial charge in [-0.1, -0.05) is 27.7 Å². The van der Waals surface area contributed by atoms with Gasteiger partial charge in [-0.2, -0.15) is 0 Å². The molecule has 4 heteroatoms. The quantitative estimate of drug-likeness (QED) is 0.801. The molecule has 1 aliphatic heterocycles. The molecule has 0 radical (unpaired) electrons. The Labute approximate surface area is 116 Å². The number of nitrogens with zero attached hydrogens (tertiary/aromatic N) is 1. The van der Waals surface area contributed by atoms with Crippen LogP contribution in [0.4, 0.5) is 0 Å². The van der Waals surface area contributed by atoms with Crippen molar-refractivity contribution in [2.45, 2.75) is 59.4 Å². The molecule has 19 heavy (non-hydrogen) atoms. The first-order chi connectivity index (χ1) is 8.86. The lowest BCUT2D eigenvalue weighted by Crippen LogP contribution is -2.43. The van der Waals surface area contributed by atoms with E-state index in [1.165, 1.54) is 0 Å². The topological polar surface area (TPSA) is 49.4 Å². The average molecular weight is 268 g/mol. The second-order valence-electron chi connectivity index (χ2n) is 6.35. The van der Waals surface area contributed by atoms with Crippen molar-refractivity contribution in [2.75, 3.05) is 19.6 Å². The minimum Gasteiger partial charge on any atom is -0.343 e. The van der Waals surface area contributed by atoms with Crippen molar-refractivity contribution in [1.82, 2.24) is 10.2 Å². The summed E-state index contributed by atoms with van der Waals surface area (Å²) in [6.45, 7) is 10.3. The van der Waals surface area contributed by atoms with Gasteiger partial charge in [0, 0.05) is 24.9 Å². The van der Waals surface area contributed by atoms with Crippen molar-refractivity contribution in [3.05, 3.63) is 0 Å². The van der Waals surface area contributed by atoms with Gasteiger partial charge in [-0.25, -0.2) is 0 Å². The van der Waals surface area contributed by atoms with Crippen molar-refractivity contribution >= 4 is 11.7 Å². The van der Waals surface area contributed by atoms with Gasteiger partial charge in [-0.3, -0.25) is 9.59 Å². The second-order valence-corrected chi connectivity index (χ2v) is 6.35. The first-order valence-electron chi connectivity index (χ1n) is 7.41. The summed E-state index contributed by atoms with van der Waals surface area (Å²) in [5.74, 6) is 0.394. The summed E-state index contributed by atoms with van der Waals surface area (Å²) in [6.07, 6.45) is 3.31. The molecule has 0 aliphatic carbocycles. The number of amides is 1. The number of likely N-dealkylation sites (N-methyl/N-ethyl adjacent to an activating group) is 1. The highest BCUT2D eigenvalue weighted by Crippen LogP contribution is 2.19. The monoisotopic (exact) mass is 268 g/mol. The number of hydrogen-bond acceptors (Lipinski definition) is 3. The fraction of sp³-hybridized carbons (Fsp3) is 0.867. The number of likely N-dealkylation sites (tertiary alicyclic amines) is 1. The number of rotatable bonds is 6. The number of ketones is 1. The molecule has 0 aromatic carbocycles. The van der Waals surface area contributed by atoms with Crippen molar-refractivity contribution in [3.8, 4) is 0 Å². The van der Waals surface area contributed by atoms with Gasteiger partial charge in [-0.05, 0) is 25.8 Å². The molecular weight excluding hydrogens is 240 g/mol. The molecule has 0 aromatic rings. The van der Waals surface area contributed by atoms with Gasteiger partial charge < -0.3 is 10.2 Å². The highest BCUT2D eigenvalue weighted by molar-refractivity contribution is 5.89. The maximum atomic E-state index is 12.3. The van der Waals surface area contributed by atoms with E-state index in [0.29, 0.717) is 12.8 Å². The van der Waals surface area contributed by atoms with Crippen molar-refractivity contribution < 1.29 is 9.59 Å². The van der Waals surface area contributed by atoms with Gasteiger partial charge in [-0.15, -0.1) is 0 Å². The van der Waals surface area contributed by atoms with Crippen LogP contribution in [0, 0.1) is 5.41 Å². The Morgan fingerprint density at radius 3 is 2.26 bits per heavy atom. The second kappa shape index (κ2) is 7.04. The maximum absolute atomic E-state index is 12.3. The molecule has 1 aliphatic rings. The Balaban J connectivity index is 2.49. The lowest BCUT2D eigenvalue weighted by Gasteiger charge is -2.25. The van der Waals surface area contributed by atoms with E-state index in [-0.39, 0.29) is 23.1 Å². The molecule has 1 unspecified atom stereocenters. The minimum atomic E-state index is -0.358. The SMILES string of the molecule is CCNC(CCC(=O)N1CCCC1)C(=O)C(C)(C)C. The smallest absolute Gasteiger partial charge is 0.222 e. The predicted molar refractivity (Wildman–Crippen MR) is 77.0 cm³/mol. The van der Waals surface area contributed by atoms with Gasteiger partial charge in [0.15, 0.2) is 5.78 Å². The highest BCUT2D eigenvalue weighted by atomic mass is 16.2. The summed E-state index contributed by atoms with van der Waals surface area (Å²) in [5.41, 5.74) is -0.358. The normalized spacial score (nSPS) is 17.6. The number of carbonyl (C=O) groups excluding carboxylic acids is 2. The largest absolute Gasteiger partial charge is 0.343 e. The Hall–Kier alpha value is -0.900. The zero-order valence-corrected chi connectivity index (χ0v) is 12.8. The van der Waals surface area contributed by atoms with Gasteiger partial charge in [0.2, 0.25) is 5.91 Å². The van der Waals surface area contributed by atoms with E-state index < -0.39 is 0 Å². The van der Waals surface area contributed by atoms with Crippen molar-refractivity contribution in [2.24, 2.45) is 5.41 Å². The molecule has 1 fully saturated rings. The third kappa shape index (κ3) is 4.94. The first kappa shape index (κ1) is 16.2. The Bertz CT molecular complexity index is 315. The molecule has 1 saturated heterocycles. The standard InChI is InChI=1S/C15H28N2O2/c1-5-16-12(14(19)15(2,3)4)8-9-13(18)17-10-6-7-11-17/h12,16H,5-11H2,1-4H3. The molecule has 0 saturated carbocycles. The summed E-state index contributed by atoms with van der Waals surface area (Å²) in [5, 5.41) is 3.21. The fourth-order valence-corrected chi connectivity index (χ4v) is 2.49. The third-order valence-corrected chi connectivity index (χ3v) is 3.61. The van der Waals surface area contributed by atoms with Crippen molar-refractivity contribution in [3.63, 3.8) is 0 Å². The maximum Gasteiger partial charge on any atom is 0.222 e. The molecule has 4 nitrogen and oxygen atoms in total. The van der Waals surface area contributed by atoms with Crippen molar-refractivity contribution in [1.29, 1.82) is 0 Å². The van der Waals surface area contributed by atoms with Crippen LogP contribution in [0.3, 0.4) is 0 Å².